The number of hydrogen-bond donors (Lipinski definition) is 2. The molecule has 0 bridgehead atoms. The van der Waals surface area contributed by atoms with E-state index in [1.165, 1.54) is 18.2 Å². The molecule has 3 aliphatic rings. The summed E-state index contributed by atoms with van der Waals surface area (Å²) < 4.78 is 19.6. The molecule has 0 amide bonds. The summed E-state index contributed by atoms with van der Waals surface area (Å²) in [5, 5.41) is 7.10. The van der Waals surface area contributed by atoms with E-state index in [1.807, 2.05) is 23.7 Å². The molecule has 9 heteroatoms. The highest BCUT2D eigenvalue weighted by Gasteiger charge is 2.40. The summed E-state index contributed by atoms with van der Waals surface area (Å²) in [4.78, 5) is 13.2. The fraction of sp³-hybridized carbons (Fsp3) is 0.700. The molecule has 2 atom stereocenters. The van der Waals surface area contributed by atoms with Crippen LogP contribution in [0.2, 0.25) is 0 Å². The molecular weight excluding hydrogens is 391 g/mol. The average molecular weight is 423 g/mol. The molecule has 1 aromatic rings. The molecule has 1 aromatic heterocycles. The van der Waals surface area contributed by atoms with Gasteiger partial charge in [0, 0.05) is 63.3 Å². The quantitative estimate of drug-likeness (QED) is 0.546. The van der Waals surface area contributed by atoms with E-state index in [9.17, 15) is 4.39 Å². The summed E-state index contributed by atoms with van der Waals surface area (Å²) in [6.07, 6.45) is 3.77. The standard InChI is InChI=1S/C20H31FN6OS/c1-22-19(24-14-20(5-12-29-15-20)27-8-10-28-11-9-27)25-16-4-7-26(13-16)18-17(21)3-2-6-23-18/h2-3,6,16H,4-5,7-15H2,1H3,(H2,22,24,25). The molecule has 3 aliphatic heterocycles. The van der Waals surface area contributed by atoms with Crippen LogP contribution >= 0.6 is 11.8 Å². The lowest BCUT2D eigenvalue weighted by atomic mass is 9.95. The molecule has 2 N–H and O–H groups in total. The number of morpholine rings is 1. The molecule has 0 radical (unpaired) electrons. The minimum Gasteiger partial charge on any atom is -0.379 e. The molecule has 160 valence electrons. The zero-order valence-corrected chi connectivity index (χ0v) is 17.9. The molecule has 4 rings (SSSR count). The number of hydrogen-bond acceptors (Lipinski definition) is 6. The van der Waals surface area contributed by atoms with Crippen LogP contribution in [-0.2, 0) is 4.74 Å². The highest BCUT2D eigenvalue weighted by Crippen LogP contribution is 2.33. The number of ether oxygens (including phenoxy) is 1. The first-order valence-corrected chi connectivity index (χ1v) is 11.6. The first kappa shape index (κ1) is 20.7. The van der Waals surface area contributed by atoms with Crippen LogP contribution < -0.4 is 15.5 Å². The van der Waals surface area contributed by atoms with Gasteiger partial charge in [-0.05, 0) is 30.7 Å². The molecule has 3 saturated heterocycles. The van der Waals surface area contributed by atoms with Crippen LogP contribution in [-0.4, -0.2) is 91.9 Å². The van der Waals surface area contributed by atoms with Gasteiger partial charge in [0.05, 0.1) is 13.2 Å². The molecule has 0 spiro atoms. The Balaban J connectivity index is 1.32. The van der Waals surface area contributed by atoms with E-state index >= 15 is 0 Å². The first-order chi connectivity index (χ1) is 14.2. The molecule has 4 heterocycles. The van der Waals surface area contributed by atoms with Crippen molar-refractivity contribution in [3.63, 3.8) is 0 Å². The fourth-order valence-corrected chi connectivity index (χ4v) is 5.93. The Kier molecular flexibility index (Phi) is 6.77. The zero-order chi connectivity index (χ0) is 20.1. The van der Waals surface area contributed by atoms with Gasteiger partial charge in [-0.15, -0.1) is 0 Å². The number of nitrogens with one attached hydrogen (secondary N) is 2. The van der Waals surface area contributed by atoms with Crippen LogP contribution in [0, 0.1) is 5.82 Å². The van der Waals surface area contributed by atoms with Crippen molar-refractivity contribution in [3.05, 3.63) is 24.1 Å². The van der Waals surface area contributed by atoms with Crippen molar-refractivity contribution < 1.29 is 9.13 Å². The van der Waals surface area contributed by atoms with Crippen molar-refractivity contribution in [3.8, 4) is 0 Å². The largest absolute Gasteiger partial charge is 0.379 e. The molecule has 2 unspecified atom stereocenters. The van der Waals surface area contributed by atoms with E-state index in [1.54, 1.807) is 12.3 Å². The topological polar surface area (TPSA) is 65.0 Å². The number of aliphatic imine (C=N–C) groups is 1. The molecule has 0 aromatic carbocycles. The maximum Gasteiger partial charge on any atom is 0.191 e. The van der Waals surface area contributed by atoms with Gasteiger partial charge in [-0.1, -0.05) is 0 Å². The van der Waals surface area contributed by atoms with Crippen molar-refractivity contribution in [2.45, 2.75) is 24.4 Å². The van der Waals surface area contributed by atoms with Crippen LogP contribution in [0.3, 0.4) is 0 Å². The highest BCUT2D eigenvalue weighted by atomic mass is 32.2. The van der Waals surface area contributed by atoms with Crippen molar-refractivity contribution >= 4 is 23.5 Å². The molecule has 7 nitrogen and oxygen atoms in total. The zero-order valence-electron chi connectivity index (χ0n) is 17.1. The third kappa shape index (κ3) is 4.78. The highest BCUT2D eigenvalue weighted by molar-refractivity contribution is 7.99. The van der Waals surface area contributed by atoms with Gasteiger partial charge in [0.1, 0.15) is 0 Å². The van der Waals surface area contributed by atoms with Gasteiger partial charge in [-0.3, -0.25) is 9.89 Å². The monoisotopic (exact) mass is 422 g/mol. The Labute approximate surface area is 176 Å². The maximum atomic E-state index is 14.0. The van der Waals surface area contributed by atoms with E-state index in [0.29, 0.717) is 5.82 Å². The van der Waals surface area contributed by atoms with Gasteiger partial charge in [0.25, 0.3) is 0 Å². The summed E-state index contributed by atoms with van der Waals surface area (Å²) in [6.45, 7) is 6.03. The van der Waals surface area contributed by atoms with Gasteiger partial charge in [0.15, 0.2) is 17.6 Å². The Morgan fingerprint density at radius 3 is 3.00 bits per heavy atom. The summed E-state index contributed by atoms with van der Waals surface area (Å²) in [7, 11) is 1.81. The summed E-state index contributed by atoms with van der Waals surface area (Å²) in [5.41, 5.74) is 0.171. The average Bonchev–Trinajstić information content (AvgIpc) is 3.42. The van der Waals surface area contributed by atoms with Crippen LogP contribution in [0.5, 0.6) is 0 Å². The summed E-state index contributed by atoms with van der Waals surface area (Å²) >= 11 is 2.03. The van der Waals surface area contributed by atoms with Crippen molar-refractivity contribution in [2.75, 3.05) is 69.4 Å². The molecule has 0 aliphatic carbocycles. The van der Waals surface area contributed by atoms with E-state index in [0.717, 1.165) is 64.1 Å². The van der Waals surface area contributed by atoms with E-state index in [4.69, 9.17) is 4.74 Å². The number of halogens is 1. The van der Waals surface area contributed by atoms with Crippen LogP contribution in [0.25, 0.3) is 0 Å². The minimum absolute atomic E-state index is 0.171. The normalized spacial score (nSPS) is 28.7. The number of guanidine groups is 1. The smallest absolute Gasteiger partial charge is 0.191 e. The Morgan fingerprint density at radius 1 is 1.41 bits per heavy atom. The second-order valence-corrected chi connectivity index (χ2v) is 9.04. The maximum absolute atomic E-state index is 14.0. The van der Waals surface area contributed by atoms with E-state index < -0.39 is 0 Å². The molecule has 3 fully saturated rings. The predicted octanol–water partition coefficient (Wildman–Crippen LogP) is 1.17. The lowest BCUT2D eigenvalue weighted by Crippen LogP contribution is -2.60. The van der Waals surface area contributed by atoms with Crippen molar-refractivity contribution in [2.24, 2.45) is 4.99 Å². The van der Waals surface area contributed by atoms with Crippen LogP contribution in [0.15, 0.2) is 23.3 Å². The number of pyridine rings is 1. The summed E-state index contributed by atoms with van der Waals surface area (Å²) in [6, 6.07) is 3.32. The number of thioether (sulfide) groups is 1. The lowest BCUT2D eigenvalue weighted by Gasteiger charge is -2.43. The van der Waals surface area contributed by atoms with E-state index in [-0.39, 0.29) is 17.4 Å². The van der Waals surface area contributed by atoms with Gasteiger partial charge in [0.2, 0.25) is 0 Å². The second kappa shape index (κ2) is 9.49. The van der Waals surface area contributed by atoms with Gasteiger partial charge >= 0.3 is 0 Å². The number of aromatic nitrogens is 1. The molecule has 0 saturated carbocycles. The van der Waals surface area contributed by atoms with Gasteiger partial charge < -0.3 is 20.3 Å². The summed E-state index contributed by atoms with van der Waals surface area (Å²) in [5.74, 6) is 3.35. The SMILES string of the molecule is CN=C(NCC1(N2CCOCC2)CCSC1)NC1CCN(c2ncccc2F)C1. The minimum atomic E-state index is -0.262. The predicted molar refractivity (Wildman–Crippen MR) is 116 cm³/mol. The molecule has 29 heavy (non-hydrogen) atoms. The van der Waals surface area contributed by atoms with E-state index in [2.05, 4.69) is 25.5 Å². The van der Waals surface area contributed by atoms with Crippen LogP contribution in [0.1, 0.15) is 12.8 Å². The van der Waals surface area contributed by atoms with Gasteiger partial charge in [-0.2, -0.15) is 11.8 Å². The third-order valence-corrected chi connectivity index (χ3v) is 7.37. The first-order valence-electron chi connectivity index (χ1n) is 10.4. The number of nitrogens with zero attached hydrogens (tertiary/aromatic N) is 4. The van der Waals surface area contributed by atoms with Crippen molar-refractivity contribution in [1.29, 1.82) is 0 Å². The Bertz CT molecular complexity index is 708. The number of rotatable bonds is 5. The van der Waals surface area contributed by atoms with Gasteiger partial charge in [-0.25, -0.2) is 9.37 Å². The Hall–Kier alpha value is -1.58. The second-order valence-electron chi connectivity index (χ2n) is 7.94. The molecular formula is C20H31FN6OS. The lowest BCUT2D eigenvalue weighted by molar-refractivity contribution is -0.0120. The van der Waals surface area contributed by atoms with Crippen LogP contribution in [0.4, 0.5) is 10.2 Å². The third-order valence-electron chi connectivity index (χ3n) is 6.14. The fourth-order valence-electron chi connectivity index (χ4n) is 4.45. The Morgan fingerprint density at radius 2 is 2.28 bits per heavy atom. The number of anilines is 1. The van der Waals surface area contributed by atoms with Crippen molar-refractivity contribution in [1.82, 2.24) is 20.5 Å².